The molecule has 1 unspecified atom stereocenters. The number of hydrogen-bond donors (Lipinski definition) is 0. The van der Waals surface area contributed by atoms with Gasteiger partial charge in [-0.1, -0.05) is 100 Å². The molecule has 1 aliphatic carbocycles. The first-order valence-electron chi connectivity index (χ1n) is 11.1. The Labute approximate surface area is 166 Å². The minimum Gasteiger partial charge on any atom is -0.300 e. The number of unbranched alkanes of at least 4 members (excludes halogenated alkanes) is 11. The maximum absolute atomic E-state index is 11.7. The summed E-state index contributed by atoms with van der Waals surface area (Å²) < 4.78 is 0. The van der Waals surface area contributed by atoms with Gasteiger partial charge in [0.05, 0.1) is 0 Å². The van der Waals surface area contributed by atoms with Gasteiger partial charge in [-0.15, -0.1) is 0 Å². The number of Topliss-reactive ketones (excluding diaryl/α,β-unsaturated/α-hetero) is 1. The maximum atomic E-state index is 11.7. The molecule has 0 aliphatic heterocycles. The highest BCUT2D eigenvalue weighted by molar-refractivity contribution is 9.09. The predicted molar refractivity (Wildman–Crippen MR) is 115 cm³/mol. The average molecular weight is 416 g/mol. The highest BCUT2D eigenvalue weighted by Crippen LogP contribution is 2.40. The molecule has 1 aliphatic rings. The van der Waals surface area contributed by atoms with Gasteiger partial charge in [0.2, 0.25) is 0 Å². The summed E-state index contributed by atoms with van der Waals surface area (Å²) >= 11 is 3.50. The minimum atomic E-state index is 0.366. The first kappa shape index (κ1) is 23.2. The van der Waals surface area contributed by atoms with Crippen LogP contribution in [0.3, 0.4) is 0 Å². The summed E-state index contributed by atoms with van der Waals surface area (Å²) in [6, 6.07) is 0. The molecule has 25 heavy (non-hydrogen) atoms. The summed E-state index contributed by atoms with van der Waals surface area (Å²) in [5.74, 6) is 1.15. The van der Waals surface area contributed by atoms with Gasteiger partial charge in [0.25, 0.3) is 0 Å². The van der Waals surface area contributed by atoms with Gasteiger partial charge in [-0.25, -0.2) is 0 Å². The Bertz CT molecular complexity index is 337. The van der Waals surface area contributed by atoms with Gasteiger partial charge >= 0.3 is 0 Å². The summed E-state index contributed by atoms with van der Waals surface area (Å²) in [4.78, 5) is 11.7. The van der Waals surface area contributed by atoms with Crippen molar-refractivity contribution in [3.8, 4) is 0 Å². The van der Waals surface area contributed by atoms with Crippen LogP contribution in [0, 0.1) is 11.3 Å². The largest absolute Gasteiger partial charge is 0.300 e. The standard InChI is InChI=1S/C23H43BrO/c1-23(2,21-16-15-17-22(25)20-21)18-13-11-9-7-5-3-4-6-8-10-12-14-19-24/h21H,3-20H2,1-2H3. The third-order valence-corrected chi connectivity index (χ3v) is 6.85. The molecule has 0 heterocycles. The lowest BCUT2D eigenvalue weighted by atomic mass is 9.68. The third-order valence-electron chi connectivity index (χ3n) is 6.29. The van der Waals surface area contributed by atoms with Crippen molar-refractivity contribution in [2.75, 3.05) is 5.33 Å². The fourth-order valence-electron chi connectivity index (χ4n) is 4.34. The molecule has 0 aromatic heterocycles. The molecule has 0 saturated heterocycles. The molecule has 1 nitrogen and oxygen atoms in total. The van der Waals surface area contributed by atoms with Crippen LogP contribution in [0.5, 0.6) is 0 Å². The molecular formula is C23H43BrO. The summed E-state index contributed by atoms with van der Waals surface area (Å²) in [6.45, 7) is 4.79. The van der Waals surface area contributed by atoms with Crippen molar-refractivity contribution >= 4 is 21.7 Å². The zero-order chi connectivity index (χ0) is 18.4. The van der Waals surface area contributed by atoms with Crippen molar-refractivity contribution in [1.29, 1.82) is 0 Å². The number of rotatable bonds is 15. The summed E-state index contributed by atoms with van der Waals surface area (Å²) in [6.07, 6.45) is 22.3. The Balaban J connectivity index is 1.90. The second kappa shape index (κ2) is 14.2. The molecule has 0 aromatic rings. The van der Waals surface area contributed by atoms with Crippen molar-refractivity contribution < 1.29 is 4.79 Å². The van der Waals surface area contributed by atoms with Crippen LogP contribution in [0.25, 0.3) is 0 Å². The molecule has 0 aromatic carbocycles. The summed E-state index contributed by atoms with van der Waals surface area (Å²) in [7, 11) is 0. The van der Waals surface area contributed by atoms with E-state index in [1.54, 1.807) is 0 Å². The molecule has 148 valence electrons. The van der Waals surface area contributed by atoms with Gasteiger partial charge in [-0.3, -0.25) is 4.79 Å². The van der Waals surface area contributed by atoms with Gasteiger partial charge in [0, 0.05) is 18.2 Å². The Morgan fingerprint density at radius 1 is 0.840 bits per heavy atom. The van der Waals surface area contributed by atoms with E-state index in [1.807, 2.05) is 0 Å². The van der Waals surface area contributed by atoms with E-state index in [0.29, 0.717) is 17.1 Å². The Morgan fingerprint density at radius 3 is 1.80 bits per heavy atom. The molecule has 0 amide bonds. The van der Waals surface area contributed by atoms with Gasteiger partial charge in [-0.2, -0.15) is 0 Å². The maximum Gasteiger partial charge on any atom is 0.133 e. The van der Waals surface area contributed by atoms with Crippen LogP contribution in [-0.2, 0) is 4.79 Å². The molecule has 1 fully saturated rings. The van der Waals surface area contributed by atoms with E-state index >= 15 is 0 Å². The van der Waals surface area contributed by atoms with E-state index in [1.165, 1.54) is 95.2 Å². The summed E-state index contributed by atoms with van der Waals surface area (Å²) in [5.41, 5.74) is 0.366. The second-order valence-corrected chi connectivity index (χ2v) is 9.80. The van der Waals surface area contributed by atoms with Crippen molar-refractivity contribution in [1.82, 2.24) is 0 Å². The third kappa shape index (κ3) is 11.5. The Morgan fingerprint density at radius 2 is 1.32 bits per heavy atom. The van der Waals surface area contributed by atoms with Crippen molar-refractivity contribution in [3.63, 3.8) is 0 Å². The lowest BCUT2D eigenvalue weighted by Crippen LogP contribution is -2.29. The van der Waals surface area contributed by atoms with Crippen molar-refractivity contribution in [2.45, 2.75) is 123 Å². The highest BCUT2D eigenvalue weighted by Gasteiger charge is 2.32. The monoisotopic (exact) mass is 414 g/mol. The first-order chi connectivity index (χ1) is 12.1. The predicted octanol–water partition coefficient (Wildman–Crippen LogP) is 8.24. The van der Waals surface area contributed by atoms with Gasteiger partial charge in [-0.05, 0) is 37.0 Å². The van der Waals surface area contributed by atoms with Crippen LogP contribution in [0.4, 0.5) is 0 Å². The van der Waals surface area contributed by atoms with Gasteiger partial charge in [0.15, 0.2) is 0 Å². The molecule has 1 rings (SSSR count). The molecular weight excluding hydrogens is 372 g/mol. The van der Waals surface area contributed by atoms with Crippen LogP contribution in [0.1, 0.15) is 123 Å². The molecule has 0 radical (unpaired) electrons. The van der Waals surface area contributed by atoms with Crippen LogP contribution in [-0.4, -0.2) is 11.1 Å². The average Bonchev–Trinajstić information content (AvgIpc) is 2.59. The van der Waals surface area contributed by atoms with E-state index in [9.17, 15) is 4.79 Å². The van der Waals surface area contributed by atoms with Crippen LogP contribution in [0.2, 0.25) is 0 Å². The number of carbonyl (C=O) groups is 1. The van der Waals surface area contributed by atoms with E-state index in [0.717, 1.165) is 19.3 Å². The zero-order valence-electron chi connectivity index (χ0n) is 17.1. The van der Waals surface area contributed by atoms with Crippen molar-refractivity contribution in [3.05, 3.63) is 0 Å². The number of ketones is 1. The van der Waals surface area contributed by atoms with Crippen molar-refractivity contribution in [2.24, 2.45) is 11.3 Å². The number of carbonyl (C=O) groups excluding carboxylic acids is 1. The lowest BCUT2D eigenvalue weighted by Gasteiger charge is -2.36. The topological polar surface area (TPSA) is 17.1 Å². The van der Waals surface area contributed by atoms with Crippen LogP contribution in [0.15, 0.2) is 0 Å². The Kier molecular flexibility index (Phi) is 13.2. The molecule has 1 atom stereocenters. The van der Waals surface area contributed by atoms with E-state index < -0.39 is 0 Å². The zero-order valence-corrected chi connectivity index (χ0v) is 18.7. The van der Waals surface area contributed by atoms with Crippen LogP contribution < -0.4 is 0 Å². The van der Waals surface area contributed by atoms with E-state index in [2.05, 4.69) is 29.8 Å². The number of hydrogen-bond acceptors (Lipinski definition) is 1. The molecule has 0 bridgehead atoms. The number of halogens is 1. The normalized spacial score (nSPS) is 18.7. The molecule has 1 saturated carbocycles. The minimum absolute atomic E-state index is 0.366. The fraction of sp³-hybridized carbons (Fsp3) is 0.957. The van der Waals surface area contributed by atoms with E-state index in [-0.39, 0.29) is 0 Å². The molecule has 2 heteroatoms. The smallest absolute Gasteiger partial charge is 0.133 e. The quantitative estimate of drug-likeness (QED) is 0.194. The number of alkyl halides is 1. The molecule has 0 N–H and O–H groups in total. The first-order valence-corrected chi connectivity index (χ1v) is 12.3. The van der Waals surface area contributed by atoms with Gasteiger partial charge in [0.1, 0.15) is 5.78 Å². The lowest BCUT2D eigenvalue weighted by molar-refractivity contribution is -0.123. The SMILES string of the molecule is CC(C)(CCCCCCCCCCCCCCBr)C1CCCC(=O)C1. The second-order valence-electron chi connectivity index (χ2n) is 9.00. The highest BCUT2D eigenvalue weighted by atomic mass is 79.9. The van der Waals surface area contributed by atoms with E-state index in [4.69, 9.17) is 0 Å². The van der Waals surface area contributed by atoms with Crippen LogP contribution >= 0.6 is 15.9 Å². The summed E-state index contributed by atoms with van der Waals surface area (Å²) in [5, 5.41) is 1.17. The molecule has 0 spiro atoms. The fourth-order valence-corrected chi connectivity index (χ4v) is 4.74. The van der Waals surface area contributed by atoms with Gasteiger partial charge < -0.3 is 0 Å². The Hall–Kier alpha value is 0.150.